The molecule has 18 heavy (non-hydrogen) atoms. The third-order valence-corrected chi connectivity index (χ3v) is 3.68. The number of carboxylic acids is 1. The lowest BCUT2D eigenvalue weighted by Crippen LogP contribution is -2.46. The summed E-state index contributed by atoms with van der Waals surface area (Å²) in [6, 6.07) is 0.254. The van der Waals surface area contributed by atoms with Crippen LogP contribution in [0.25, 0.3) is 0 Å². The maximum absolute atomic E-state index is 11.9. The van der Waals surface area contributed by atoms with E-state index in [4.69, 9.17) is 5.11 Å². The number of hydrogen-bond donors (Lipinski definition) is 1. The predicted molar refractivity (Wildman–Crippen MR) is 69.4 cm³/mol. The molecule has 0 bridgehead atoms. The Hall–Kier alpha value is -1.10. The second-order valence-electron chi connectivity index (χ2n) is 4.96. The Labute approximate surface area is 109 Å². The van der Waals surface area contributed by atoms with Crippen LogP contribution >= 0.6 is 0 Å². The lowest BCUT2D eigenvalue weighted by atomic mass is 9.98. The molecular weight excluding hydrogens is 232 g/mol. The first kappa shape index (κ1) is 15.0. The van der Waals surface area contributed by atoms with Gasteiger partial charge in [-0.25, -0.2) is 0 Å². The average Bonchev–Trinajstić information content (AvgIpc) is 2.36. The van der Waals surface area contributed by atoms with Crippen molar-refractivity contribution >= 4 is 11.9 Å². The Morgan fingerprint density at radius 1 is 1.39 bits per heavy atom. The third-order valence-electron chi connectivity index (χ3n) is 3.68. The van der Waals surface area contributed by atoms with E-state index in [1.807, 2.05) is 6.92 Å². The van der Waals surface area contributed by atoms with E-state index in [0.717, 1.165) is 25.8 Å². The molecule has 1 N–H and O–H groups in total. The summed E-state index contributed by atoms with van der Waals surface area (Å²) in [5.41, 5.74) is 0. The van der Waals surface area contributed by atoms with E-state index in [0.29, 0.717) is 19.5 Å². The van der Waals surface area contributed by atoms with Crippen molar-refractivity contribution in [1.29, 1.82) is 0 Å². The van der Waals surface area contributed by atoms with Gasteiger partial charge in [0.15, 0.2) is 0 Å². The molecule has 0 aliphatic carbocycles. The number of piperidine rings is 1. The summed E-state index contributed by atoms with van der Waals surface area (Å²) in [6.07, 6.45) is 4.10. The fourth-order valence-electron chi connectivity index (χ4n) is 2.36. The highest BCUT2D eigenvalue weighted by molar-refractivity contribution is 5.78. The Morgan fingerprint density at radius 3 is 2.72 bits per heavy atom. The zero-order valence-electron chi connectivity index (χ0n) is 11.4. The Bertz CT molecular complexity index is 294. The first-order valence-electron chi connectivity index (χ1n) is 6.74. The van der Waals surface area contributed by atoms with Crippen LogP contribution in [0.5, 0.6) is 0 Å². The quantitative estimate of drug-likeness (QED) is 0.775. The second kappa shape index (κ2) is 7.36. The lowest BCUT2D eigenvalue weighted by molar-refractivity contribution is -0.137. The number of carbonyl (C=O) groups is 2. The van der Waals surface area contributed by atoms with Gasteiger partial charge in [-0.15, -0.1) is 0 Å². The molecule has 0 aromatic rings. The largest absolute Gasteiger partial charge is 0.481 e. The van der Waals surface area contributed by atoms with Crippen LogP contribution in [0.4, 0.5) is 0 Å². The highest BCUT2D eigenvalue weighted by Gasteiger charge is 2.25. The summed E-state index contributed by atoms with van der Waals surface area (Å²) in [4.78, 5) is 26.4. The molecule has 1 atom stereocenters. The highest BCUT2D eigenvalue weighted by Crippen LogP contribution is 2.20. The number of nitrogens with zero attached hydrogens (tertiary/aromatic N) is 2. The summed E-state index contributed by atoms with van der Waals surface area (Å²) in [6.45, 7) is 4.00. The van der Waals surface area contributed by atoms with Crippen molar-refractivity contribution in [2.24, 2.45) is 0 Å². The van der Waals surface area contributed by atoms with Crippen molar-refractivity contribution in [2.45, 2.75) is 45.1 Å². The summed E-state index contributed by atoms with van der Waals surface area (Å²) >= 11 is 0. The van der Waals surface area contributed by atoms with Crippen LogP contribution < -0.4 is 0 Å². The molecule has 1 saturated heterocycles. The standard InChI is InChI=1S/C13H24N2O3/c1-3-14(2)12(16)10-15-9-5-4-6-11(15)7-8-13(17)18/h11H,3-10H2,1-2H3,(H,17,18). The van der Waals surface area contributed by atoms with E-state index < -0.39 is 5.97 Å². The van der Waals surface area contributed by atoms with Crippen molar-refractivity contribution in [3.63, 3.8) is 0 Å². The van der Waals surface area contributed by atoms with Gasteiger partial charge in [-0.3, -0.25) is 14.5 Å². The van der Waals surface area contributed by atoms with Crippen molar-refractivity contribution in [3.05, 3.63) is 0 Å². The molecule has 0 radical (unpaired) electrons. The van der Waals surface area contributed by atoms with Gasteiger partial charge < -0.3 is 10.0 Å². The van der Waals surface area contributed by atoms with Gasteiger partial charge in [0.2, 0.25) is 5.91 Å². The number of carboxylic acid groups (broad SMARTS) is 1. The number of amides is 1. The van der Waals surface area contributed by atoms with Crippen LogP contribution in [0.3, 0.4) is 0 Å². The first-order chi connectivity index (χ1) is 8.54. The Kier molecular flexibility index (Phi) is 6.12. The molecule has 104 valence electrons. The normalized spacial score (nSPS) is 20.7. The van der Waals surface area contributed by atoms with E-state index in [1.54, 1.807) is 11.9 Å². The topological polar surface area (TPSA) is 60.9 Å². The molecule has 1 fully saturated rings. The minimum Gasteiger partial charge on any atom is -0.481 e. The van der Waals surface area contributed by atoms with Crippen LogP contribution in [0.1, 0.15) is 39.0 Å². The van der Waals surface area contributed by atoms with E-state index >= 15 is 0 Å². The number of carbonyl (C=O) groups excluding carboxylic acids is 1. The van der Waals surface area contributed by atoms with Crippen LogP contribution in [0.15, 0.2) is 0 Å². The van der Waals surface area contributed by atoms with Crippen LogP contribution in [0.2, 0.25) is 0 Å². The molecular formula is C13H24N2O3. The van der Waals surface area contributed by atoms with E-state index in [-0.39, 0.29) is 18.4 Å². The number of likely N-dealkylation sites (tertiary alicyclic amines) is 1. The van der Waals surface area contributed by atoms with Gasteiger partial charge in [0.1, 0.15) is 0 Å². The maximum Gasteiger partial charge on any atom is 0.303 e. The summed E-state index contributed by atoms with van der Waals surface area (Å²) in [5, 5.41) is 8.74. The van der Waals surface area contributed by atoms with E-state index in [9.17, 15) is 9.59 Å². The average molecular weight is 256 g/mol. The molecule has 1 aliphatic rings. The van der Waals surface area contributed by atoms with Crippen molar-refractivity contribution in [2.75, 3.05) is 26.7 Å². The van der Waals surface area contributed by atoms with Gasteiger partial charge in [0.05, 0.1) is 6.54 Å². The van der Waals surface area contributed by atoms with Gasteiger partial charge in [-0.1, -0.05) is 6.42 Å². The molecule has 1 amide bonds. The minimum atomic E-state index is -0.752. The van der Waals surface area contributed by atoms with E-state index in [2.05, 4.69) is 4.90 Å². The molecule has 1 heterocycles. The third kappa shape index (κ3) is 4.64. The summed E-state index contributed by atoms with van der Waals surface area (Å²) in [5.74, 6) is -0.628. The monoisotopic (exact) mass is 256 g/mol. The molecule has 5 heteroatoms. The smallest absolute Gasteiger partial charge is 0.303 e. The minimum absolute atomic E-state index is 0.125. The maximum atomic E-state index is 11.9. The number of aliphatic carboxylic acids is 1. The number of likely N-dealkylation sites (N-methyl/N-ethyl adjacent to an activating group) is 1. The predicted octanol–water partition coefficient (Wildman–Crippen LogP) is 1.18. The number of rotatable bonds is 6. The van der Waals surface area contributed by atoms with Gasteiger partial charge >= 0.3 is 5.97 Å². The Balaban J connectivity index is 2.48. The SMILES string of the molecule is CCN(C)C(=O)CN1CCCCC1CCC(=O)O. The number of hydrogen-bond acceptors (Lipinski definition) is 3. The van der Waals surface area contributed by atoms with Crippen molar-refractivity contribution in [1.82, 2.24) is 9.80 Å². The summed E-state index contributed by atoms with van der Waals surface area (Å²) in [7, 11) is 1.80. The fourth-order valence-corrected chi connectivity index (χ4v) is 2.36. The Morgan fingerprint density at radius 2 is 2.11 bits per heavy atom. The molecule has 0 spiro atoms. The van der Waals surface area contributed by atoms with Gasteiger partial charge in [0, 0.05) is 26.1 Å². The van der Waals surface area contributed by atoms with Crippen LogP contribution in [0, 0.1) is 0 Å². The van der Waals surface area contributed by atoms with Gasteiger partial charge in [0.25, 0.3) is 0 Å². The van der Waals surface area contributed by atoms with Crippen molar-refractivity contribution in [3.8, 4) is 0 Å². The molecule has 5 nitrogen and oxygen atoms in total. The van der Waals surface area contributed by atoms with Crippen molar-refractivity contribution < 1.29 is 14.7 Å². The zero-order valence-corrected chi connectivity index (χ0v) is 11.4. The first-order valence-corrected chi connectivity index (χ1v) is 6.74. The molecule has 1 rings (SSSR count). The second-order valence-corrected chi connectivity index (χ2v) is 4.96. The van der Waals surface area contributed by atoms with E-state index in [1.165, 1.54) is 0 Å². The van der Waals surface area contributed by atoms with Gasteiger partial charge in [-0.2, -0.15) is 0 Å². The zero-order chi connectivity index (χ0) is 13.5. The molecule has 0 saturated carbocycles. The van der Waals surface area contributed by atoms with Crippen LogP contribution in [-0.4, -0.2) is 59.5 Å². The molecule has 0 aromatic heterocycles. The van der Waals surface area contributed by atoms with Gasteiger partial charge in [-0.05, 0) is 32.7 Å². The molecule has 1 unspecified atom stereocenters. The fraction of sp³-hybridized carbons (Fsp3) is 0.846. The lowest BCUT2D eigenvalue weighted by Gasteiger charge is -2.35. The molecule has 0 aromatic carbocycles. The molecule has 1 aliphatic heterocycles. The van der Waals surface area contributed by atoms with Crippen LogP contribution in [-0.2, 0) is 9.59 Å². The highest BCUT2D eigenvalue weighted by atomic mass is 16.4. The summed E-state index contributed by atoms with van der Waals surface area (Å²) < 4.78 is 0.